The highest BCUT2D eigenvalue weighted by molar-refractivity contribution is 7.91. The first-order valence-corrected chi connectivity index (χ1v) is 15.0. The number of benzene rings is 1. The Labute approximate surface area is 236 Å². The minimum Gasteiger partial charge on any atom is -0.494 e. The van der Waals surface area contributed by atoms with E-state index in [2.05, 4.69) is 20.2 Å². The molecule has 2 aromatic heterocycles. The summed E-state index contributed by atoms with van der Waals surface area (Å²) in [6.45, 7) is 11.7. The predicted molar refractivity (Wildman–Crippen MR) is 150 cm³/mol. The Hall–Kier alpha value is -3.09. The highest BCUT2D eigenvalue weighted by atomic mass is 32.2. The Morgan fingerprint density at radius 2 is 1.70 bits per heavy atom. The summed E-state index contributed by atoms with van der Waals surface area (Å²) in [6.07, 6.45) is 2.89. The van der Waals surface area contributed by atoms with Crippen molar-refractivity contribution in [3.05, 3.63) is 53.6 Å². The monoisotopic (exact) mass is 573 g/mol. The average molecular weight is 574 g/mol. The van der Waals surface area contributed by atoms with E-state index in [1.54, 1.807) is 56.3 Å². The number of hydrogen-bond donors (Lipinski definition) is 0. The summed E-state index contributed by atoms with van der Waals surface area (Å²) in [5, 5.41) is 7.93. The van der Waals surface area contributed by atoms with Crippen molar-refractivity contribution in [2.75, 3.05) is 20.8 Å². The van der Waals surface area contributed by atoms with Crippen LogP contribution in [0.3, 0.4) is 0 Å². The van der Waals surface area contributed by atoms with E-state index in [9.17, 15) is 8.42 Å². The molecule has 1 aliphatic rings. The summed E-state index contributed by atoms with van der Waals surface area (Å²) < 4.78 is 53.1. The van der Waals surface area contributed by atoms with E-state index in [0.29, 0.717) is 41.9 Å². The lowest BCUT2D eigenvalue weighted by molar-refractivity contribution is 0.00140. The lowest BCUT2D eigenvalue weighted by atomic mass is 9.97. The molecule has 12 heteroatoms. The molecule has 1 saturated heterocycles. The predicted octanol–water partition coefficient (Wildman–Crippen LogP) is 4.14. The van der Waals surface area contributed by atoms with E-state index in [0.717, 1.165) is 5.56 Å². The maximum Gasteiger partial charge on any atom is 0.163 e. The van der Waals surface area contributed by atoms with Gasteiger partial charge in [0.15, 0.2) is 21.5 Å². The van der Waals surface area contributed by atoms with Crippen LogP contribution in [-0.4, -0.2) is 70.9 Å². The van der Waals surface area contributed by atoms with Gasteiger partial charge in [-0.15, -0.1) is 10.2 Å². The van der Waals surface area contributed by atoms with Gasteiger partial charge < -0.3 is 18.9 Å². The molecule has 3 heterocycles. The number of hydrogen-bond acceptors (Lipinski definition) is 10. The zero-order chi connectivity index (χ0) is 29.2. The van der Waals surface area contributed by atoms with Crippen molar-refractivity contribution < 1.29 is 27.4 Å². The number of sulfone groups is 1. The summed E-state index contributed by atoms with van der Waals surface area (Å²) in [5.74, 6) is 1.63. The van der Waals surface area contributed by atoms with E-state index in [4.69, 9.17) is 18.9 Å². The van der Waals surface area contributed by atoms with Crippen LogP contribution in [0.5, 0.6) is 11.5 Å². The van der Waals surface area contributed by atoms with Gasteiger partial charge in [-0.1, -0.05) is 6.07 Å². The minimum atomic E-state index is -3.86. The SMILES string of the molecule is COc1cccc(OC)c1-n1c(CS(=O)(=O)[C@@H](C)[C@@H](OC(C)C)c2ncc(C)cn2)nnc1[C@@H]1COC(C)(C)C1. The molecule has 218 valence electrons. The average Bonchev–Trinajstić information content (AvgIpc) is 3.48. The van der Waals surface area contributed by atoms with Gasteiger partial charge in [-0.2, -0.15) is 0 Å². The molecule has 0 spiro atoms. The van der Waals surface area contributed by atoms with Crippen molar-refractivity contribution in [1.82, 2.24) is 24.7 Å². The van der Waals surface area contributed by atoms with E-state index in [-0.39, 0.29) is 23.4 Å². The maximum atomic E-state index is 14.0. The first kappa shape index (κ1) is 29.9. The number of methoxy groups -OCH3 is 2. The van der Waals surface area contributed by atoms with Crippen molar-refractivity contribution in [2.24, 2.45) is 0 Å². The number of nitrogens with zero attached hydrogens (tertiary/aromatic N) is 5. The van der Waals surface area contributed by atoms with Gasteiger partial charge in [0.2, 0.25) is 0 Å². The third kappa shape index (κ3) is 6.29. The minimum absolute atomic E-state index is 0.107. The Morgan fingerprint density at radius 1 is 1.07 bits per heavy atom. The Morgan fingerprint density at radius 3 is 2.23 bits per heavy atom. The zero-order valence-electron chi connectivity index (χ0n) is 24.4. The second kappa shape index (κ2) is 11.8. The van der Waals surface area contributed by atoms with Gasteiger partial charge in [-0.3, -0.25) is 4.57 Å². The van der Waals surface area contributed by atoms with Crippen molar-refractivity contribution in [3.63, 3.8) is 0 Å². The van der Waals surface area contributed by atoms with Gasteiger partial charge in [0.25, 0.3) is 0 Å². The van der Waals surface area contributed by atoms with Crippen LogP contribution in [0, 0.1) is 6.92 Å². The van der Waals surface area contributed by atoms with Crippen molar-refractivity contribution in [1.29, 1.82) is 0 Å². The van der Waals surface area contributed by atoms with Crippen LogP contribution in [-0.2, 0) is 25.1 Å². The number of aromatic nitrogens is 5. The molecule has 3 atom stereocenters. The number of ether oxygens (including phenoxy) is 4. The van der Waals surface area contributed by atoms with Gasteiger partial charge in [0.05, 0.1) is 37.8 Å². The second-order valence-electron chi connectivity index (χ2n) is 11.0. The normalized spacial score (nSPS) is 18.6. The molecule has 0 radical (unpaired) electrons. The number of para-hydroxylation sites is 1. The summed E-state index contributed by atoms with van der Waals surface area (Å²) in [4.78, 5) is 8.75. The van der Waals surface area contributed by atoms with E-state index in [1.807, 2.05) is 34.6 Å². The lowest BCUT2D eigenvalue weighted by Crippen LogP contribution is -2.32. The van der Waals surface area contributed by atoms with Crippen LogP contribution >= 0.6 is 0 Å². The molecule has 0 unspecified atom stereocenters. The van der Waals surface area contributed by atoms with Crippen molar-refractivity contribution in [2.45, 2.75) is 82.7 Å². The van der Waals surface area contributed by atoms with Crippen LogP contribution in [0.2, 0.25) is 0 Å². The maximum absolute atomic E-state index is 14.0. The van der Waals surface area contributed by atoms with Gasteiger partial charge in [-0.05, 0) is 65.7 Å². The molecule has 4 rings (SSSR count). The molecule has 0 N–H and O–H groups in total. The third-order valence-corrected chi connectivity index (χ3v) is 9.00. The largest absolute Gasteiger partial charge is 0.494 e. The van der Waals surface area contributed by atoms with Crippen LogP contribution in [0.4, 0.5) is 0 Å². The Bertz CT molecular complexity index is 1400. The molecule has 0 bridgehead atoms. The summed E-state index contributed by atoms with van der Waals surface area (Å²) in [5.41, 5.74) is 1.06. The van der Waals surface area contributed by atoms with Gasteiger partial charge in [0, 0.05) is 18.3 Å². The van der Waals surface area contributed by atoms with E-state index >= 15 is 0 Å². The summed E-state index contributed by atoms with van der Waals surface area (Å²) in [7, 11) is -0.753. The Balaban J connectivity index is 1.80. The van der Waals surface area contributed by atoms with Crippen molar-refractivity contribution >= 4 is 9.84 Å². The molecule has 1 aromatic carbocycles. The molecule has 3 aromatic rings. The fourth-order valence-electron chi connectivity index (χ4n) is 4.91. The quantitative estimate of drug-likeness (QED) is 0.330. The molecule has 11 nitrogen and oxygen atoms in total. The highest BCUT2D eigenvalue weighted by Crippen LogP contribution is 2.40. The molecule has 1 fully saturated rings. The van der Waals surface area contributed by atoms with E-state index < -0.39 is 26.9 Å². The highest BCUT2D eigenvalue weighted by Gasteiger charge is 2.39. The fraction of sp³-hybridized carbons (Fsp3) is 0.571. The van der Waals surface area contributed by atoms with Crippen molar-refractivity contribution in [3.8, 4) is 17.2 Å². The summed E-state index contributed by atoms with van der Waals surface area (Å²) >= 11 is 0. The van der Waals surface area contributed by atoms with Crippen LogP contribution in [0.1, 0.15) is 76.1 Å². The Kier molecular flexibility index (Phi) is 8.81. The standard InChI is InChI=1S/C28H39N5O6S/c1-17(2)39-25(26-29-13-18(3)14-30-26)19(4)40(34,35)16-23-31-32-27(20-12-28(5,6)38-15-20)33(23)24-21(36-7)10-9-11-22(24)37-8/h9-11,13-14,17,19-20,25H,12,15-16H2,1-8H3/t19-,20-,25+/m0/s1. The zero-order valence-corrected chi connectivity index (χ0v) is 25.2. The third-order valence-electron chi connectivity index (χ3n) is 6.96. The van der Waals surface area contributed by atoms with E-state index in [1.165, 1.54) is 0 Å². The van der Waals surface area contributed by atoms with Gasteiger partial charge >= 0.3 is 0 Å². The molecule has 40 heavy (non-hydrogen) atoms. The molecular weight excluding hydrogens is 534 g/mol. The van der Waals surface area contributed by atoms with Crippen LogP contribution < -0.4 is 9.47 Å². The smallest absolute Gasteiger partial charge is 0.163 e. The molecule has 0 saturated carbocycles. The van der Waals surface area contributed by atoms with Gasteiger partial charge in [-0.25, -0.2) is 18.4 Å². The summed E-state index contributed by atoms with van der Waals surface area (Å²) in [6, 6.07) is 5.39. The molecule has 1 aliphatic heterocycles. The fourth-order valence-corrected chi connectivity index (χ4v) is 6.28. The molecule has 0 aliphatic carbocycles. The number of aryl methyl sites for hydroxylation is 1. The first-order valence-electron chi connectivity index (χ1n) is 13.3. The van der Waals surface area contributed by atoms with Gasteiger partial charge in [0.1, 0.15) is 34.9 Å². The topological polar surface area (TPSA) is 128 Å². The van der Waals surface area contributed by atoms with Crippen LogP contribution in [0.15, 0.2) is 30.6 Å². The van der Waals surface area contributed by atoms with Crippen LogP contribution in [0.25, 0.3) is 5.69 Å². The second-order valence-corrected chi connectivity index (χ2v) is 13.4. The molecule has 0 amide bonds. The number of rotatable bonds is 11. The lowest BCUT2D eigenvalue weighted by Gasteiger charge is -2.25. The molecular formula is C28H39N5O6S. The first-order chi connectivity index (χ1) is 18.9.